The Kier molecular flexibility index (Phi) is 8.58. The number of nitrogens with two attached hydrogens (primary N) is 1. The topological polar surface area (TPSA) is 114 Å². The highest BCUT2D eigenvalue weighted by molar-refractivity contribution is 5.98. The molecule has 2 aromatic carbocycles. The summed E-state index contributed by atoms with van der Waals surface area (Å²) in [5.74, 6) is -0.769. The lowest BCUT2D eigenvalue weighted by Gasteiger charge is -2.26. The zero-order chi connectivity index (χ0) is 24.7. The van der Waals surface area contributed by atoms with E-state index in [1.807, 2.05) is 74.5 Å². The average Bonchev–Trinajstić information content (AvgIpc) is 3.57. The molecule has 1 aliphatic heterocycles. The summed E-state index contributed by atoms with van der Waals surface area (Å²) in [5.41, 5.74) is 7.14. The van der Waals surface area contributed by atoms with Gasteiger partial charge >= 0.3 is 0 Å². The van der Waals surface area contributed by atoms with Crippen LogP contribution in [0.5, 0.6) is 0 Å². The molecule has 1 unspecified atom stereocenters. The molecule has 0 aliphatic carbocycles. The molecule has 2 aromatic rings. The van der Waals surface area contributed by atoms with Gasteiger partial charge in [-0.3, -0.25) is 14.4 Å². The molecule has 1 saturated heterocycles. The lowest BCUT2D eigenvalue weighted by Crippen LogP contribution is -2.56. The van der Waals surface area contributed by atoms with Crippen LogP contribution in [0.4, 0.5) is 0 Å². The van der Waals surface area contributed by atoms with Crippen LogP contribution >= 0.6 is 0 Å². The van der Waals surface area contributed by atoms with Crippen LogP contribution in [-0.4, -0.2) is 47.9 Å². The normalized spacial score (nSPS) is 19.7. The first-order valence-electron chi connectivity index (χ1n) is 11.8. The van der Waals surface area contributed by atoms with Crippen molar-refractivity contribution in [3.63, 3.8) is 0 Å². The predicted octanol–water partition coefficient (Wildman–Crippen LogP) is 2.17. The summed E-state index contributed by atoms with van der Waals surface area (Å²) in [6.07, 6.45) is 1.13. The van der Waals surface area contributed by atoms with Crippen LogP contribution in [0, 0.1) is 5.92 Å². The second kappa shape index (κ2) is 11.4. The first-order chi connectivity index (χ1) is 16.2. The van der Waals surface area contributed by atoms with Crippen molar-refractivity contribution in [1.82, 2.24) is 10.6 Å². The second-order valence-corrected chi connectivity index (χ2v) is 9.62. The molecule has 1 fully saturated rings. The van der Waals surface area contributed by atoms with Crippen molar-refractivity contribution < 1.29 is 19.1 Å². The number of hydrogen-bond donors (Lipinski definition) is 3. The molecular weight excluding hydrogens is 430 g/mol. The summed E-state index contributed by atoms with van der Waals surface area (Å²) in [7, 11) is 0. The Balaban J connectivity index is 1.73. The highest BCUT2D eigenvalue weighted by atomic mass is 16.6. The van der Waals surface area contributed by atoms with E-state index in [4.69, 9.17) is 10.5 Å². The number of carbonyl (C=O) groups is 3. The first kappa shape index (κ1) is 25.6. The zero-order valence-electron chi connectivity index (χ0n) is 20.1. The Morgan fingerprint density at radius 2 is 1.38 bits per heavy atom. The minimum absolute atomic E-state index is 0.139. The lowest BCUT2D eigenvalue weighted by atomic mass is 9.93. The van der Waals surface area contributed by atoms with Crippen LogP contribution in [0.2, 0.25) is 0 Å². The molecule has 1 aliphatic rings. The van der Waals surface area contributed by atoms with Gasteiger partial charge in [-0.05, 0) is 36.8 Å². The summed E-state index contributed by atoms with van der Waals surface area (Å²) in [6, 6.07) is 16.6. The second-order valence-electron chi connectivity index (χ2n) is 9.62. The van der Waals surface area contributed by atoms with Crippen molar-refractivity contribution in [2.75, 3.05) is 6.61 Å². The van der Waals surface area contributed by atoms with Crippen LogP contribution in [0.15, 0.2) is 60.7 Å². The third-order valence-electron chi connectivity index (χ3n) is 5.99. The Hall–Kier alpha value is -3.03. The Morgan fingerprint density at radius 1 is 0.882 bits per heavy atom. The third kappa shape index (κ3) is 7.23. The number of amides is 2. The van der Waals surface area contributed by atoms with Crippen molar-refractivity contribution in [2.45, 2.75) is 63.8 Å². The Morgan fingerprint density at radius 3 is 1.88 bits per heavy atom. The largest absolute Gasteiger partial charge is 0.361 e. The van der Waals surface area contributed by atoms with E-state index in [9.17, 15) is 14.4 Å². The highest BCUT2D eigenvalue weighted by Crippen LogP contribution is 2.29. The Labute approximate surface area is 201 Å². The third-order valence-corrected chi connectivity index (χ3v) is 5.99. The van der Waals surface area contributed by atoms with Crippen LogP contribution in [0.3, 0.4) is 0 Å². The minimum atomic E-state index is -0.868. The van der Waals surface area contributed by atoms with Gasteiger partial charge in [0.2, 0.25) is 11.8 Å². The van der Waals surface area contributed by atoms with Crippen molar-refractivity contribution in [3.8, 4) is 0 Å². The molecule has 3 rings (SSSR count). The van der Waals surface area contributed by atoms with E-state index < -0.39 is 35.5 Å². The fourth-order valence-electron chi connectivity index (χ4n) is 3.89. The fourth-order valence-corrected chi connectivity index (χ4v) is 3.89. The molecule has 182 valence electrons. The van der Waals surface area contributed by atoms with Gasteiger partial charge in [0.05, 0.1) is 18.7 Å². The van der Waals surface area contributed by atoms with Gasteiger partial charge in [0, 0.05) is 6.42 Å². The fraction of sp³-hybridized carbons (Fsp3) is 0.444. The molecule has 0 radical (unpaired) electrons. The number of ketones is 1. The molecule has 0 saturated carbocycles. The maximum absolute atomic E-state index is 13.3. The van der Waals surface area contributed by atoms with E-state index in [0.717, 1.165) is 11.1 Å². The van der Waals surface area contributed by atoms with Gasteiger partial charge in [0.25, 0.3) is 0 Å². The summed E-state index contributed by atoms with van der Waals surface area (Å²) >= 11 is 0. The minimum Gasteiger partial charge on any atom is -0.361 e. The van der Waals surface area contributed by atoms with Crippen LogP contribution in [0.1, 0.15) is 38.3 Å². The number of Topliss-reactive ketones (excluding diaryl/α,β-unsaturated/α-hetero) is 1. The number of epoxide rings is 1. The van der Waals surface area contributed by atoms with E-state index in [1.165, 1.54) is 0 Å². The number of benzene rings is 2. The molecule has 34 heavy (non-hydrogen) atoms. The van der Waals surface area contributed by atoms with E-state index in [2.05, 4.69) is 10.6 Å². The highest BCUT2D eigenvalue weighted by Gasteiger charge is 2.50. The summed E-state index contributed by atoms with van der Waals surface area (Å²) in [6.45, 7) is 6.08. The molecule has 4 atom stereocenters. The molecule has 1 heterocycles. The first-order valence-corrected chi connectivity index (χ1v) is 11.8. The molecule has 0 bridgehead atoms. The van der Waals surface area contributed by atoms with Crippen LogP contribution < -0.4 is 16.4 Å². The van der Waals surface area contributed by atoms with E-state index in [1.54, 1.807) is 6.92 Å². The predicted molar refractivity (Wildman–Crippen MR) is 131 cm³/mol. The quantitative estimate of drug-likeness (QED) is 0.416. The van der Waals surface area contributed by atoms with Crippen LogP contribution in [-0.2, 0) is 32.0 Å². The van der Waals surface area contributed by atoms with E-state index in [0.29, 0.717) is 19.4 Å². The van der Waals surface area contributed by atoms with Crippen molar-refractivity contribution in [2.24, 2.45) is 11.7 Å². The lowest BCUT2D eigenvalue weighted by molar-refractivity contribution is -0.133. The van der Waals surface area contributed by atoms with Gasteiger partial charge in [0.15, 0.2) is 5.78 Å². The van der Waals surface area contributed by atoms with Gasteiger partial charge in [0.1, 0.15) is 11.6 Å². The van der Waals surface area contributed by atoms with Gasteiger partial charge in [-0.25, -0.2) is 0 Å². The molecule has 0 spiro atoms. The molecule has 7 heteroatoms. The Bertz CT molecular complexity index is 974. The van der Waals surface area contributed by atoms with Gasteiger partial charge in [-0.15, -0.1) is 0 Å². The number of ether oxygens (including phenoxy) is 1. The summed E-state index contributed by atoms with van der Waals surface area (Å²) < 4.78 is 5.32. The maximum Gasteiger partial charge on any atom is 0.243 e. The monoisotopic (exact) mass is 465 g/mol. The standard InChI is InChI=1S/C27H35N3O4/c1-18(2)14-22(24(31)27(3)17-34-27)29-26(33)23(16-20-12-8-5-9-13-20)30-25(32)21(28)15-19-10-6-4-7-11-19/h4-13,18,21-23H,14-17,28H2,1-3H3,(H,29,33)(H,30,32)/t21?,22-,23-,27+/m0/s1. The average molecular weight is 466 g/mol. The van der Waals surface area contributed by atoms with Gasteiger partial charge in [-0.2, -0.15) is 0 Å². The molecule has 0 aromatic heterocycles. The summed E-state index contributed by atoms with van der Waals surface area (Å²) in [4.78, 5) is 39.2. The number of carbonyl (C=O) groups excluding carboxylic acids is 3. The smallest absolute Gasteiger partial charge is 0.243 e. The van der Waals surface area contributed by atoms with Crippen molar-refractivity contribution in [3.05, 3.63) is 71.8 Å². The number of rotatable bonds is 12. The van der Waals surface area contributed by atoms with Crippen LogP contribution in [0.25, 0.3) is 0 Å². The van der Waals surface area contributed by atoms with E-state index in [-0.39, 0.29) is 18.1 Å². The van der Waals surface area contributed by atoms with Gasteiger partial charge < -0.3 is 21.1 Å². The SMILES string of the molecule is CC(C)C[C@H](NC(=O)[C@H](Cc1ccccc1)NC(=O)C(N)Cc1ccccc1)C(=O)[C@@]1(C)CO1. The molecule has 2 amide bonds. The van der Waals surface area contributed by atoms with Gasteiger partial charge in [-0.1, -0.05) is 74.5 Å². The number of nitrogens with one attached hydrogen (secondary N) is 2. The molecule has 7 nitrogen and oxygen atoms in total. The molecular formula is C27H35N3O4. The summed E-state index contributed by atoms with van der Waals surface area (Å²) in [5, 5.41) is 5.70. The zero-order valence-corrected chi connectivity index (χ0v) is 20.1. The van der Waals surface area contributed by atoms with Crippen molar-refractivity contribution >= 4 is 17.6 Å². The number of hydrogen-bond acceptors (Lipinski definition) is 5. The maximum atomic E-state index is 13.3. The van der Waals surface area contributed by atoms with Crippen molar-refractivity contribution in [1.29, 1.82) is 0 Å². The van der Waals surface area contributed by atoms with E-state index >= 15 is 0 Å². The molecule has 4 N–H and O–H groups in total.